The number of rotatable bonds is 24. The zero-order chi connectivity index (χ0) is 42.6. The fraction of sp³-hybridized carbons (Fsp3) is 0.714. The zero-order valence-electron chi connectivity index (χ0n) is 31.1. The fourth-order valence-electron chi connectivity index (χ4n) is 5.07. The molecule has 57 heavy (non-hydrogen) atoms. The van der Waals surface area contributed by atoms with Crippen LogP contribution in [0.5, 0.6) is 0 Å². The molecular weight excluding hydrogens is 845 g/mol. The van der Waals surface area contributed by atoms with Crippen LogP contribution in [0.3, 0.4) is 0 Å². The Balaban J connectivity index is 1.45. The number of nitrogens with two attached hydrogens (primary N) is 1. The lowest BCUT2D eigenvalue weighted by Crippen LogP contribution is -2.46. The first kappa shape index (κ1) is 48.7. The number of nitrogen functional groups attached to an aromatic ring is 1. The maximum Gasteiger partial charge on any atom is 0.481 e. The number of imidazole rings is 1. The van der Waals surface area contributed by atoms with E-state index in [-0.39, 0.29) is 41.7 Å². The van der Waals surface area contributed by atoms with Crippen LogP contribution in [0.25, 0.3) is 11.2 Å². The first-order valence-electron chi connectivity index (χ1n) is 17.4. The van der Waals surface area contributed by atoms with Gasteiger partial charge in [0.2, 0.25) is 11.8 Å². The SMILES string of the molecule is CCCCCCNC(=O)SCCNC(=O)CCNC(=O)C(O)C(C)(C)COP(=O)(O)OP(=O)(O)OC[C@H]1O[C@@H](n2cnc3c(N)ncnc32)[C@H](O)[C@@H]1OP(=O)(O)O. The molecule has 1 saturated heterocycles. The van der Waals surface area contributed by atoms with Gasteiger partial charge < -0.3 is 56.2 Å². The van der Waals surface area contributed by atoms with E-state index >= 15 is 0 Å². The molecule has 1 aliphatic heterocycles. The van der Waals surface area contributed by atoms with E-state index in [9.17, 15) is 57.9 Å². The van der Waals surface area contributed by atoms with Crippen molar-refractivity contribution >= 4 is 69.3 Å². The lowest BCUT2D eigenvalue weighted by Gasteiger charge is -2.30. The Kier molecular flexibility index (Phi) is 18.4. The molecule has 25 nitrogen and oxygen atoms in total. The van der Waals surface area contributed by atoms with Gasteiger partial charge in [-0.05, 0) is 6.42 Å². The standard InChI is InChI=1S/C28H49N8O17P3S/c1-4-5-6-7-9-32-27(41)57-12-11-30-18(37)8-10-31-25(40)22(39)28(2,3)14-50-56(47,48)53-55(45,46)49-13-17-21(52-54(42,43)44)20(38)26(51-17)36-16-35-19-23(29)33-15-34-24(19)36/h15-17,20-22,26,38-39H,4-14H2,1-3H3,(H,30,37)(H,31,40)(H,32,41)(H,45,46)(H,47,48)(H2,29,33,34)(H2,42,43,44)/t17-,20-,21-,22?,26-/m1/s1. The molecule has 3 rings (SSSR count). The van der Waals surface area contributed by atoms with E-state index in [2.05, 4.69) is 46.7 Å². The van der Waals surface area contributed by atoms with Crippen molar-refractivity contribution in [2.24, 2.45) is 5.41 Å². The molecule has 0 aliphatic carbocycles. The number of unbranched alkanes of at least 4 members (excludes halogenated alkanes) is 3. The summed E-state index contributed by atoms with van der Waals surface area (Å²) in [5.41, 5.74) is 4.26. The van der Waals surface area contributed by atoms with Crippen LogP contribution in [0, 0.1) is 5.41 Å². The van der Waals surface area contributed by atoms with Gasteiger partial charge in [0.15, 0.2) is 17.7 Å². The number of hydrogen-bond acceptors (Lipinski definition) is 18. The predicted octanol–water partition coefficient (Wildman–Crippen LogP) is 0.428. The topological polar surface area (TPSA) is 376 Å². The molecule has 1 fully saturated rings. The number of phosphoric ester groups is 3. The lowest BCUT2D eigenvalue weighted by molar-refractivity contribution is -0.137. The van der Waals surface area contributed by atoms with Gasteiger partial charge in [-0.2, -0.15) is 4.31 Å². The number of anilines is 1. The van der Waals surface area contributed by atoms with E-state index in [0.29, 0.717) is 12.3 Å². The highest BCUT2D eigenvalue weighted by Crippen LogP contribution is 2.61. The van der Waals surface area contributed by atoms with E-state index in [0.717, 1.165) is 54.7 Å². The summed E-state index contributed by atoms with van der Waals surface area (Å²) in [5, 5.41) is 29.0. The third-order valence-corrected chi connectivity index (χ3v) is 11.9. The number of amides is 3. The van der Waals surface area contributed by atoms with Gasteiger partial charge >= 0.3 is 23.5 Å². The summed E-state index contributed by atoms with van der Waals surface area (Å²) in [4.78, 5) is 87.4. The third-order valence-electron chi connectivity index (χ3n) is 8.03. The molecular formula is C28H49N8O17P3S. The van der Waals surface area contributed by atoms with Crippen molar-refractivity contribution < 1.29 is 80.5 Å². The van der Waals surface area contributed by atoms with Gasteiger partial charge in [0.25, 0.3) is 5.24 Å². The maximum atomic E-state index is 12.7. The molecule has 0 radical (unpaired) electrons. The Morgan fingerprint density at radius 1 is 1.00 bits per heavy atom. The highest BCUT2D eigenvalue weighted by molar-refractivity contribution is 8.13. The minimum atomic E-state index is -5.57. The summed E-state index contributed by atoms with van der Waals surface area (Å²) in [6.45, 7) is 3.16. The first-order valence-corrected chi connectivity index (χ1v) is 22.9. The van der Waals surface area contributed by atoms with Crippen molar-refractivity contribution in [2.45, 2.75) is 83.5 Å². The van der Waals surface area contributed by atoms with Crippen molar-refractivity contribution in [1.29, 1.82) is 0 Å². The predicted molar refractivity (Wildman–Crippen MR) is 200 cm³/mol. The Bertz CT molecular complexity index is 1820. The number of aliphatic hydroxyl groups is 2. The number of ether oxygens (including phenoxy) is 1. The molecule has 0 spiro atoms. The van der Waals surface area contributed by atoms with E-state index in [1.165, 1.54) is 13.8 Å². The van der Waals surface area contributed by atoms with Crippen LogP contribution in [0.2, 0.25) is 0 Å². The molecule has 3 heterocycles. The highest BCUT2D eigenvalue weighted by Gasteiger charge is 2.50. The molecule has 1 aliphatic rings. The fourth-order valence-corrected chi connectivity index (χ4v) is 8.49. The summed E-state index contributed by atoms with van der Waals surface area (Å²) in [5.74, 6) is -1.13. The summed E-state index contributed by atoms with van der Waals surface area (Å²) in [6.07, 6.45) is -2.80. The second kappa shape index (κ2) is 21.6. The van der Waals surface area contributed by atoms with Gasteiger partial charge in [-0.15, -0.1) is 0 Å². The Labute approximate surface area is 330 Å². The van der Waals surface area contributed by atoms with Crippen LogP contribution < -0.4 is 21.7 Å². The average Bonchev–Trinajstić information content (AvgIpc) is 3.68. The van der Waals surface area contributed by atoms with Crippen LogP contribution in [0.4, 0.5) is 10.6 Å². The molecule has 0 saturated carbocycles. The molecule has 3 unspecified atom stereocenters. The minimum Gasteiger partial charge on any atom is -0.386 e. The highest BCUT2D eigenvalue weighted by atomic mass is 32.2. The van der Waals surface area contributed by atoms with Crippen molar-refractivity contribution in [3.05, 3.63) is 12.7 Å². The number of phosphoric acid groups is 3. The van der Waals surface area contributed by atoms with Crippen molar-refractivity contribution in [3.63, 3.8) is 0 Å². The molecule has 7 atom stereocenters. The van der Waals surface area contributed by atoms with Crippen molar-refractivity contribution in [3.8, 4) is 0 Å². The second-order valence-corrected chi connectivity index (χ2v) is 18.5. The smallest absolute Gasteiger partial charge is 0.386 e. The monoisotopic (exact) mass is 894 g/mol. The molecule has 3 amide bonds. The van der Waals surface area contributed by atoms with Gasteiger partial charge in [-0.1, -0.05) is 51.8 Å². The summed E-state index contributed by atoms with van der Waals surface area (Å²) in [6, 6.07) is 0. The molecule has 0 bridgehead atoms. The second-order valence-electron chi connectivity index (χ2n) is 13.2. The molecule has 0 aromatic carbocycles. The normalized spacial score (nSPS) is 21.4. The Morgan fingerprint density at radius 3 is 2.39 bits per heavy atom. The van der Waals surface area contributed by atoms with Crippen LogP contribution in [-0.2, 0) is 45.9 Å². The number of nitrogens with one attached hydrogen (secondary N) is 3. The maximum absolute atomic E-state index is 12.7. The summed E-state index contributed by atoms with van der Waals surface area (Å²) < 4.78 is 62.1. The number of carbonyl (C=O) groups excluding carboxylic acids is 3. The van der Waals surface area contributed by atoms with Crippen LogP contribution in [-0.4, -0.2) is 129 Å². The van der Waals surface area contributed by atoms with Gasteiger partial charge in [0, 0.05) is 37.2 Å². The van der Waals surface area contributed by atoms with E-state index in [1.54, 1.807) is 0 Å². The third kappa shape index (κ3) is 15.8. The van der Waals surface area contributed by atoms with Gasteiger partial charge in [0.1, 0.15) is 36.3 Å². The van der Waals surface area contributed by atoms with Crippen LogP contribution >= 0.6 is 35.2 Å². The van der Waals surface area contributed by atoms with E-state index in [4.69, 9.17) is 19.5 Å². The van der Waals surface area contributed by atoms with Crippen molar-refractivity contribution in [2.75, 3.05) is 44.3 Å². The number of hydrogen-bond donors (Lipinski definition) is 10. The number of nitrogens with zero attached hydrogens (tertiary/aromatic N) is 4. The lowest BCUT2D eigenvalue weighted by atomic mass is 9.87. The number of carbonyl (C=O) groups is 3. The number of fused-ring (bicyclic) bond motifs is 1. The Morgan fingerprint density at radius 2 is 1.70 bits per heavy atom. The van der Waals surface area contributed by atoms with Crippen LogP contribution in [0.15, 0.2) is 12.7 Å². The number of aliphatic hydroxyl groups excluding tert-OH is 2. The van der Waals surface area contributed by atoms with Gasteiger partial charge in [-0.3, -0.25) is 32.5 Å². The largest absolute Gasteiger partial charge is 0.481 e. The average molecular weight is 895 g/mol. The Hall–Kier alpha value is -2.64. The van der Waals surface area contributed by atoms with Gasteiger partial charge in [-0.25, -0.2) is 28.6 Å². The quantitative estimate of drug-likeness (QED) is 0.0504. The van der Waals surface area contributed by atoms with Crippen molar-refractivity contribution in [1.82, 2.24) is 35.5 Å². The molecule has 2 aromatic heterocycles. The minimum absolute atomic E-state index is 0.0309. The van der Waals surface area contributed by atoms with E-state index in [1.807, 2.05) is 0 Å². The summed E-state index contributed by atoms with van der Waals surface area (Å²) >= 11 is 1.02. The molecule has 324 valence electrons. The molecule has 11 N–H and O–H groups in total. The van der Waals surface area contributed by atoms with Crippen LogP contribution in [0.1, 0.15) is 59.1 Å². The van der Waals surface area contributed by atoms with Gasteiger partial charge in [0.05, 0.1) is 19.5 Å². The zero-order valence-corrected chi connectivity index (χ0v) is 34.6. The molecule has 2 aromatic rings. The summed E-state index contributed by atoms with van der Waals surface area (Å²) in [7, 11) is -16.4. The van der Waals surface area contributed by atoms with E-state index < -0.39 is 84.6 Å². The first-order chi connectivity index (χ1) is 26.6. The number of thioether (sulfide) groups is 1. The number of aromatic nitrogens is 4. The molecule has 29 heteroatoms.